The highest BCUT2D eigenvalue weighted by atomic mass is 32.2. The first-order valence-electron chi connectivity index (χ1n) is 9.04. The molecule has 2 N–H and O–H groups in total. The largest absolute Gasteiger partial charge is 0.456 e. The molecule has 2 amide bonds. The summed E-state index contributed by atoms with van der Waals surface area (Å²) in [5, 5.41) is 4.89. The number of hydrogen-bond donors (Lipinski definition) is 2. The molecule has 2 aromatic carbocycles. The van der Waals surface area contributed by atoms with Crippen molar-refractivity contribution < 1.29 is 19.1 Å². The van der Waals surface area contributed by atoms with Crippen LogP contribution in [0.25, 0.3) is 0 Å². The molecule has 1 aliphatic rings. The van der Waals surface area contributed by atoms with E-state index in [4.69, 9.17) is 4.74 Å². The van der Waals surface area contributed by atoms with Crippen molar-refractivity contribution in [3.05, 3.63) is 54.1 Å². The van der Waals surface area contributed by atoms with Gasteiger partial charge < -0.3 is 15.4 Å². The van der Waals surface area contributed by atoms with E-state index >= 15 is 0 Å². The van der Waals surface area contributed by atoms with Crippen molar-refractivity contribution in [2.45, 2.75) is 36.3 Å². The van der Waals surface area contributed by atoms with Crippen LogP contribution >= 0.6 is 11.8 Å². The smallest absolute Gasteiger partial charge is 0.307 e. The summed E-state index contributed by atoms with van der Waals surface area (Å²) in [5.74, 6) is -0.836. The van der Waals surface area contributed by atoms with Crippen LogP contribution < -0.4 is 10.6 Å². The topological polar surface area (TPSA) is 84.5 Å². The Bertz CT molecular complexity index is 880. The molecule has 0 saturated carbocycles. The number of para-hydroxylation sites is 1. The molecule has 6 nitrogen and oxygen atoms in total. The zero-order chi connectivity index (χ0) is 20.1. The molecule has 146 valence electrons. The molecule has 2 aromatic rings. The van der Waals surface area contributed by atoms with Crippen LogP contribution in [0.4, 0.5) is 11.4 Å². The predicted molar refractivity (Wildman–Crippen MR) is 109 cm³/mol. The predicted octanol–water partition coefficient (Wildman–Crippen LogP) is 3.79. The fraction of sp³-hybridized carbons (Fsp3) is 0.286. The summed E-state index contributed by atoms with van der Waals surface area (Å²) < 4.78 is 5.03. The fourth-order valence-corrected chi connectivity index (χ4v) is 3.83. The summed E-state index contributed by atoms with van der Waals surface area (Å²) in [7, 11) is 0. The Kier molecular flexibility index (Phi) is 6.36. The van der Waals surface area contributed by atoms with E-state index in [-0.39, 0.29) is 18.9 Å². The molecule has 3 rings (SSSR count). The SMILES string of the molecule is CC(C)c1ccc(NC(=O)COC(=O)C[C@@H]2Sc3ccccc3NC2=O)cc1. The van der Waals surface area contributed by atoms with Gasteiger partial charge >= 0.3 is 5.97 Å². The molecular formula is C21H22N2O4S. The van der Waals surface area contributed by atoms with Crippen molar-refractivity contribution in [3.8, 4) is 0 Å². The monoisotopic (exact) mass is 398 g/mol. The molecule has 1 atom stereocenters. The summed E-state index contributed by atoms with van der Waals surface area (Å²) in [6, 6.07) is 14.9. The molecule has 28 heavy (non-hydrogen) atoms. The second-order valence-electron chi connectivity index (χ2n) is 6.78. The number of nitrogens with one attached hydrogen (secondary N) is 2. The van der Waals surface area contributed by atoms with Crippen LogP contribution in [0.3, 0.4) is 0 Å². The second-order valence-corrected chi connectivity index (χ2v) is 8.03. The Morgan fingerprint density at radius 3 is 2.57 bits per heavy atom. The van der Waals surface area contributed by atoms with Gasteiger partial charge in [0.1, 0.15) is 0 Å². The second kappa shape index (κ2) is 8.93. The molecule has 1 heterocycles. The third-order valence-corrected chi connectivity index (χ3v) is 5.56. The van der Waals surface area contributed by atoms with Gasteiger partial charge in [-0.15, -0.1) is 11.8 Å². The Labute approximate surface area is 168 Å². The number of carbonyl (C=O) groups is 3. The summed E-state index contributed by atoms with van der Waals surface area (Å²) in [4.78, 5) is 37.1. The minimum Gasteiger partial charge on any atom is -0.456 e. The Morgan fingerprint density at radius 2 is 1.86 bits per heavy atom. The first kappa shape index (κ1) is 19.9. The van der Waals surface area contributed by atoms with Gasteiger partial charge in [0, 0.05) is 10.6 Å². The molecule has 0 unspecified atom stereocenters. The van der Waals surface area contributed by atoms with E-state index in [1.165, 1.54) is 17.3 Å². The molecule has 0 aliphatic carbocycles. The lowest BCUT2D eigenvalue weighted by Crippen LogP contribution is -2.32. The van der Waals surface area contributed by atoms with Gasteiger partial charge in [-0.2, -0.15) is 0 Å². The number of hydrogen-bond acceptors (Lipinski definition) is 5. The number of esters is 1. The summed E-state index contributed by atoms with van der Waals surface area (Å²) in [5.41, 5.74) is 2.56. The Morgan fingerprint density at radius 1 is 1.14 bits per heavy atom. The first-order valence-corrected chi connectivity index (χ1v) is 9.92. The standard InChI is InChI=1S/C21H22N2O4S/c1-13(2)14-7-9-15(10-8-14)22-19(24)12-27-20(25)11-18-21(26)23-16-5-3-4-6-17(16)28-18/h3-10,13,18H,11-12H2,1-2H3,(H,22,24)(H,23,26)/t18-/m0/s1. The van der Waals surface area contributed by atoms with Crippen LogP contribution in [-0.4, -0.2) is 29.6 Å². The normalized spacial score (nSPS) is 15.5. The number of thioether (sulfide) groups is 1. The van der Waals surface area contributed by atoms with Crippen molar-refractivity contribution in [2.75, 3.05) is 17.2 Å². The average molecular weight is 398 g/mol. The van der Waals surface area contributed by atoms with Crippen LogP contribution in [0.1, 0.15) is 31.7 Å². The lowest BCUT2D eigenvalue weighted by molar-refractivity contribution is -0.147. The maximum atomic E-state index is 12.1. The lowest BCUT2D eigenvalue weighted by Gasteiger charge is -2.23. The number of anilines is 2. The quantitative estimate of drug-likeness (QED) is 0.723. The number of rotatable bonds is 6. The van der Waals surface area contributed by atoms with Crippen molar-refractivity contribution in [1.82, 2.24) is 0 Å². The molecule has 7 heteroatoms. The summed E-state index contributed by atoms with van der Waals surface area (Å²) in [6.45, 7) is 3.80. The van der Waals surface area contributed by atoms with Gasteiger partial charge in [0.05, 0.1) is 17.4 Å². The van der Waals surface area contributed by atoms with Crippen molar-refractivity contribution in [3.63, 3.8) is 0 Å². The molecule has 0 spiro atoms. The number of amides is 2. The van der Waals surface area contributed by atoms with E-state index in [0.29, 0.717) is 11.6 Å². The average Bonchev–Trinajstić information content (AvgIpc) is 2.67. The molecule has 1 aliphatic heterocycles. The van der Waals surface area contributed by atoms with Gasteiger partial charge in [0.2, 0.25) is 5.91 Å². The van der Waals surface area contributed by atoms with Crippen LogP contribution in [-0.2, 0) is 19.1 Å². The summed E-state index contributed by atoms with van der Waals surface area (Å²) >= 11 is 1.32. The Hall–Kier alpha value is -2.80. The maximum Gasteiger partial charge on any atom is 0.307 e. The van der Waals surface area contributed by atoms with Crippen LogP contribution in [0, 0.1) is 0 Å². The third-order valence-electron chi connectivity index (χ3n) is 4.28. The highest BCUT2D eigenvalue weighted by molar-refractivity contribution is 8.01. The third kappa shape index (κ3) is 5.13. The van der Waals surface area contributed by atoms with Gasteiger partial charge in [0.15, 0.2) is 6.61 Å². The minimum absolute atomic E-state index is 0.0960. The highest BCUT2D eigenvalue weighted by Crippen LogP contribution is 2.36. The van der Waals surface area contributed by atoms with E-state index in [1.54, 1.807) is 0 Å². The highest BCUT2D eigenvalue weighted by Gasteiger charge is 2.29. The first-order chi connectivity index (χ1) is 13.4. The van der Waals surface area contributed by atoms with Crippen LogP contribution in [0.2, 0.25) is 0 Å². The zero-order valence-electron chi connectivity index (χ0n) is 15.7. The van der Waals surface area contributed by atoms with Gasteiger partial charge in [-0.25, -0.2) is 0 Å². The molecule has 0 radical (unpaired) electrons. The number of benzene rings is 2. The number of ether oxygens (including phenoxy) is 1. The van der Waals surface area contributed by atoms with Crippen molar-refractivity contribution >= 4 is 40.9 Å². The minimum atomic E-state index is -0.586. The van der Waals surface area contributed by atoms with E-state index in [0.717, 1.165) is 10.6 Å². The zero-order valence-corrected chi connectivity index (χ0v) is 16.5. The van der Waals surface area contributed by atoms with Crippen molar-refractivity contribution in [2.24, 2.45) is 0 Å². The molecule has 0 bridgehead atoms. The van der Waals surface area contributed by atoms with E-state index in [9.17, 15) is 14.4 Å². The van der Waals surface area contributed by atoms with Gasteiger partial charge in [-0.05, 0) is 35.7 Å². The molecule has 0 aromatic heterocycles. The Balaban J connectivity index is 1.46. The van der Waals surface area contributed by atoms with Crippen LogP contribution in [0.15, 0.2) is 53.4 Å². The van der Waals surface area contributed by atoms with E-state index in [1.807, 2.05) is 48.5 Å². The molecular weight excluding hydrogens is 376 g/mol. The van der Waals surface area contributed by atoms with Gasteiger partial charge in [-0.3, -0.25) is 14.4 Å². The van der Waals surface area contributed by atoms with Gasteiger partial charge in [0.25, 0.3) is 5.91 Å². The lowest BCUT2D eigenvalue weighted by atomic mass is 10.0. The van der Waals surface area contributed by atoms with E-state index in [2.05, 4.69) is 24.5 Å². The number of carbonyl (C=O) groups excluding carboxylic acids is 3. The van der Waals surface area contributed by atoms with Crippen molar-refractivity contribution in [1.29, 1.82) is 0 Å². The van der Waals surface area contributed by atoms with E-state index < -0.39 is 17.1 Å². The number of fused-ring (bicyclic) bond motifs is 1. The van der Waals surface area contributed by atoms with Gasteiger partial charge in [-0.1, -0.05) is 38.1 Å². The van der Waals surface area contributed by atoms with Crippen LogP contribution in [0.5, 0.6) is 0 Å². The maximum absolute atomic E-state index is 12.1. The molecule has 0 fully saturated rings. The molecule has 0 saturated heterocycles. The fourth-order valence-electron chi connectivity index (χ4n) is 2.73. The summed E-state index contributed by atoms with van der Waals surface area (Å²) in [6.07, 6.45) is -0.0960.